The zero-order chi connectivity index (χ0) is 22.1. The maximum Gasteiger partial charge on any atom is 0.322 e. The molecule has 0 saturated carbocycles. The smallest absolute Gasteiger partial charge is 0.318 e. The van der Waals surface area contributed by atoms with Gasteiger partial charge in [0.2, 0.25) is 0 Å². The number of benzene rings is 3. The van der Waals surface area contributed by atoms with Gasteiger partial charge in [-0.3, -0.25) is 0 Å². The van der Waals surface area contributed by atoms with Crippen LogP contribution in [-0.4, -0.2) is 21.8 Å². The molecule has 1 N–H and O–H groups in total. The molecule has 3 aromatic carbocycles. The van der Waals surface area contributed by atoms with Gasteiger partial charge in [-0.15, -0.1) is 11.8 Å². The van der Waals surface area contributed by atoms with E-state index in [2.05, 4.69) is 64.8 Å². The van der Waals surface area contributed by atoms with Gasteiger partial charge in [0.05, 0.1) is 18.3 Å². The molecule has 0 bridgehead atoms. The standard InChI is InChI=1S/C26H22ClN3OS/c1-32-22-14-8-18(9-15-22)25-24-7-4-16-29(24)23-6-3-2-5-19(23)17-30(25)26(31)28-21-12-10-20(27)11-13-21/h2-16,25H,17H2,1H3,(H,28,31)/t25-/m0/s1. The van der Waals surface area contributed by atoms with E-state index in [1.165, 1.54) is 4.90 Å². The van der Waals surface area contributed by atoms with Crippen molar-refractivity contribution in [1.82, 2.24) is 9.47 Å². The van der Waals surface area contributed by atoms with Crippen LogP contribution in [-0.2, 0) is 6.54 Å². The normalized spacial score (nSPS) is 14.9. The number of hydrogen-bond donors (Lipinski definition) is 1. The lowest BCUT2D eigenvalue weighted by molar-refractivity contribution is 0.194. The third-order valence-corrected chi connectivity index (χ3v) is 6.75. The van der Waals surface area contributed by atoms with Crippen molar-refractivity contribution < 1.29 is 4.79 Å². The van der Waals surface area contributed by atoms with Gasteiger partial charge in [-0.2, -0.15) is 0 Å². The van der Waals surface area contributed by atoms with Gasteiger partial charge >= 0.3 is 6.03 Å². The Morgan fingerprint density at radius 1 is 0.969 bits per heavy atom. The van der Waals surface area contributed by atoms with Crippen molar-refractivity contribution in [3.05, 3.63) is 113 Å². The topological polar surface area (TPSA) is 37.3 Å². The molecule has 1 aliphatic rings. The molecule has 1 aliphatic heterocycles. The van der Waals surface area contributed by atoms with E-state index in [4.69, 9.17) is 11.6 Å². The van der Waals surface area contributed by atoms with E-state index < -0.39 is 0 Å². The van der Waals surface area contributed by atoms with Crippen molar-refractivity contribution in [3.63, 3.8) is 0 Å². The number of nitrogens with one attached hydrogen (secondary N) is 1. The maximum absolute atomic E-state index is 13.6. The van der Waals surface area contributed by atoms with Crippen molar-refractivity contribution in [3.8, 4) is 5.69 Å². The summed E-state index contributed by atoms with van der Waals surface area (Å²) >= 11 is 7.73. The number of anilines is 1. The largest absolute Gasteiger partial charge is 0.322 e. The average Bonchev–Trinajstić information content (AvgIpc) is 3.25. The summed E-state index contributed by atoms with van der Waals surface area (Å²) in [5, 5.41) is 3.69. The van der Waals surface area contributed by atoms with E-state index in [1.807, 2.05) is 35.2 Å². The Hall–Kier alpha value is -3.15. The maximum atomic E-state index is 13.6. The van der Waals surface area contributed by atoms with Gasteiger partial charge in [-0.1, -0.05) is 41.9 Å². The van der Waals surface area contributed by atoms with Crippen LogP contribution in [0.2, 0.25) is 5.02 Å². The van der Waals surface area contributed by atoms with Gasteiger partial charge in [-0.25, -0.2) is 4.79 Å². The zero-order valence-corrected chi connectivity index (χ0v) is 19.1. The van der Waals surface area contributed by atoms with Crippen molar-refractivity contribution >= 4 is 35.1 Å². The van der Waals surface area contributed by atoms with Crippen LogP contribution in [0.15, 0.2) is 96.0 Å². The molecular weight excluding hydrogens is 438 g/mol. The van der Waals surface area contributed by atoms with Crippen LogP contribution >= 0.6 is 23.4 Å². The van der Waals surface area contributed by atoms with E-state index in [9.17, 15) is 4.79 Å². The lowest BCUT2D eigenvalue weighted by Crippen LogP contribution is -2.37. The van der Waals surface area contributed by atoms with Crippen LogP contribution in [0, 0.1) is 0 Å². The number of thioether (sulfide) groups is 1. The average molecular weight is 460 g/mol. The summed E-state index contributed by atoms with van der Waals surface area (Å²) in [5.41, 5.74) is 5.03. The van der Waals surface area contributed by atoms with E-state index in [-0.39, 0.29) is 12.1 Å². The lowest BCUT2D eigenvalue weighted by atomic mass is 10.0. The first-order chi connectivity index (χ1) is 15.6. The van der Waals surface area contributed by atoms with Crippen LogP contribution in [0.3, 0.4) is 0 Å². The number of aromatic nitrogens is 1. The summed E-state index contributed by atoms with van der Waals surface area (Å²) in [7, 11) is 0. The molecular formula is C26H22ClN3OS. The minimum atomic E-state index is -0.236. The first kappa shape index (κ1) is 20.7. The third-order valence-electron chi connectivity index (χ3n) is 5.75. The molecule has 32 heavy (non-hydrogen) atoms. The Labute approximate surface area is 196 Å². The summed E-state index contributed by atoms with van der Waals surface area (Å²) in [6, 6.07) is 27.6. The summed E-state index contributed by atoms with van der Waals surface area (Å²) < 4.78 is 2.19. The molecule has 0 unspecified atom stereocenters. The molecule has 4 nitrogen and oxygen atoms in total. The second-order valence-corrected chi connectivity index (χ2v) is 8.99. The summed E-state index contributed by atoms with van der Waals surface area (Å²) in [6.07, 6.45) is 4.13. The number of rotatable bonds is 3. The number of urea groups is 1. The van der Waals surface area contributed by atoms with Gasteiger partial charge < -0.3 is 14.8 Å². The van der Waals surface area contributed by atoms with Crippen LogP contribution in [0.25, 0.3) is 5.69 Å². The fourth-order valence-corrected chi connectivity index (χ4v) is 4.74. The number of nitrogens with zero attached hydrogens (tertiary/aromatic N) is 2. The van der Waals surface area contributed by atoms with Gasteiger partial charge in [0.1, 0.15) is 0 Å². The van der Waals surface area contributed by atoms with Crippen molar-refractivity contribution in [2.75, 3.05) is 11.6 Å². The molecule has 0 fully saturated rings. The van der Waals surface area contributed by atoms with Crippen LogP contribution in [0.5, 0.6) is 0 Å². The van der Waals surface area contributed by atoms with Gasteiger partial charge in [0.15, 0.2) is 0 Å². The van der Waals surface area contributed by atoms with Gasteiger partial charge in [0, 0.05) is 27.5 Å². The number of hydrogen-bond acceptors (Lipinski definition) is 2. The minimum Gasteiger partial charge on any atom is -0.318 e. The molecule has 2 heterocycles. The van der Waals surface area contributed by atoms with Crippen LogP contribution < -0.4 is 5.32 Å². The molecule has 160 valence electrons. The van der Waals surface area contributed by atoms with Crippen LogP contribution in [0.1, 0.15) is 22.9 Å². The number of halogens is 1. The second-order valence-electron chi connectivity index (χ2n) is 7.67. The number of para-hydroxylation sites is 1. The number of amides is 2. The summed E-state index contributed by atoms with van der Waals surface area (Å²) in [6.45, 7) is 0.492. The molecule has 1 atom stereocenters. The fraction of sp³-hybridized carbons (Fsp3) is 0.115. The molecule has 1 aromatic heterocycles. The predicted molar refractivity (Wildman–Crippen MR) is 132 cm³/mol. The lowest BCUT2D eigenvalue weighted by Gasteiger charge is -2.31. The molecule has 2 amide bonds. The number of fused-ring (bicyclic) bond motifs is 3. The number of carbonyl (C=O) groups excluding carboxylic acids is 1. The first-order valence-corrected chi connectivity index (χ1v) is 12.0. The molecule has 5 rings (SSSR count). The Morgan fingerprint density at radius 3 is 2.47 bits per heavy atom. The van der Waals surface area contributed by atoms with E-state index in [1.54, 1.807) is 23.9 Å². The van der Waals surface area contributed by atoms with Crippen LogP contribution in [0.4, 0.5) is 10.5 Å². The Balaban J connectivity index is 1.61. The molecule has 6 heteroatoms. The summed E-state index contributed by atoms with van der Waals surface area (Å²) in [4.78, 5) is 16.7. The fourth-order valence-electron chi connectivity index (χ4n) is 4.20. The molecule has 0 saturated heterocycles. The molecule has 0 radical (unpaired) electrons. The van der Waals surface area contributed by atoms with Gasteiger partial charge in [0.25, 0.3) is 0 Å². The second kappa shape index (κ2) is 8.77. The van der Waals surface area contributed by atoms with E-state index in [0.29, 0.717) is 17.3 Å². The SMILES string of the molecule is CSc1ccc([C@H]2c3cccn3-c3ccccc3CN2C(=O)Nc2ccc(Cl)cc2)cc1. The Morgan fingerprint density at radius 2 is 1.72 bits per heavy atom. The quantitative estimate of drug-likeness (QED) is 0.335. The highest BCUT2D eigenvalue weighted by Gasteiger charge is 2.33. The Bertz CT molecular complexity index is 1250. The highest BCUT2D eigenvalue weighted by atomic mass is 35.5. The molecule has 0 aliphatic carbocycles. The number of carbonyl (C=O) groups is 1. The highest BCUT2D eigenvalue weighted by molar-refractivity contribution is 7.98. The monoisotopic (exact) mass is 459 g/mol. The third kappa shape index (κ3) is 3.90. The van der Waals surface area contributed by atoms with E-state index in [0.717, 1.165) is 22.5 Å². The Kier molecular flexibility index (Phi) is 5.68. The molecule has 4 aromatic rings. The van der Waals surface area contributed by atoms with Crippen molar-refractivity contribution in [2.45, 2.75) is 17.5 Å². The van der Waals surface area contributed by atoms with Crippen molar-refractivity contribution in [2.24, 2.45) is 0 Å². The summed E-state index contributed by atoms with van der Waals surface area (Å²) in [5.74, 6) is 0. The minimum absolute atomic E-state index is 0.157. The van der Waals surface area contributed by atoms with Crippen molar-refractivity contribution in [1.29, 1.82) is 0 Å². The first-order valence-electron chi connectivity index (χ1n) is 10.4. The molecule has 0 spiro atoms. The van der Waals surface area contributed by atoms with E-state index >= 15 is 0 Å². The van der Waals surface area contributed by atoms with Gasteiger partial charge in [-0.05, 0) is 72.0 Å². The highest BCUT2D eigenvalue weighted by Crippen LogP contribution is 2.37. The predicted octanol–water partition coefficient (Wildman–Crippen LogP) is 6.99. The zero-order valence-electron chi connectivity index (χ0n) is 17.5.